The standard InChI is InChI=1S/C12H14BrN3O2S/c1-8(13)10-5-3-4-6-11(10)16-19(17,18)12-7-14-9(2)15-12/h3-8,16H,1-2H3,(H,14,15). The largest absolute Gasteiger partial charge is 0.332 e. The molecule has 0 aliphatic heterocycles. The van der Waals surface area contributed by atoms with Crippen LogP contribution >= 0.6 is 15.9 Å². The van der Waals surface area contributed by atoms with Crippen molar-refractivity contribution in [3.63, 3.8) is 0 Å². The molecule has 0 saturated carbocycles. The number of rotatable bonds is 4. The number of anilines is 1. The minimum absolute atomic E-state index is 0.0508. The van der Waals surface area contributed by atoms with Crippen LogP contribution < -0.4 is 4.72 Å². The molecule has 1 aromatic carbocycles. The first-order chi connectivity index (χ1) is 8.90. The molecule has 0 aliphatic rings. The molecule has 19 heavy (non-hydrogen) atoms. The monoisotopic (exact) mass is 343 g/mol. The number of nitrogens with one attached hydrogen (secondary N) is 2. The SMILES string of the molecule is Cc1ncc(S(=O)(=O)Nc2ccccc2C(C)Br)[nH]1. The molecule has 102 valence electrons. The maximum absolute atomic E-state index is 12.2. The van der Waals surface area contributed by atoms with Crippen LogP contribution in [0.2, 0.25) is 0 Å². The zero-order valence-corrected chi connectivity index (χ0v) is 12.9. The molecule has 1 atom stereocenters. The van der Waals surface area contributed by atoms with Gasteiger partial charge in [-0.25, -0.2) is 4.98 Å². The Kier molecular flexibility index (Phi) is 3.96. The molecule has 0 amide bonds. The third-order valence-corrected chi connectivity index (χ3v) is 4.37. The van der Waals surface area contributed by atoms with Gasteiger partial charge in [-0.15, -0.1) is 0 Å². The number of alkyl halides is 1. The van der Waals surface area contributed by atoms with Crippen molar-refractivity contribution in [2.24, 2.45) is 0 Å². The number of aromatic amines is 1. The zero-order valence-electron chi connectivity index (χ0n) is 10.5. The second-order valence-corrected chi connectivity index (χ2v) is 7.17. The van der Waals surface area contributed by atoms with E-state index in [4.69, 9.17) is 0 Å². The molecule has 0 fully saturated rings. The summed E-state index contributed by atoms with van der Waals surface area (Å²) in [6, 6.07) is 7.25. The number of benzene rings is 1. The lowest BCUT2D eigenvalue weighted by Gasteiger charge is -2.13. The number of halogens is 1. The van der Waals surface area contributed by atoms with Gasteiger partial charge in [0.15, 0.2) is 5.03 Å². The molecule has 0 bridgehead atoms. The Morgan fingerprint density at radius 1 is 1.37 bits per heavy atom. The first kappa shape index (κ1) is 14.1. The van der Waals surface area contributed by atoms with Crippen molar-refractivity contribution in [1.82, 2.24) is 9.97 Å². The smallest absolute Gasteiger partial charge is 0.278 e. The Morgan fingerprint density at radius 2 is 2.05 bits per heavy atom. The molecule has 7 heteroatoms. The maximum atomic E-state index is 12.2. The Bertz CT molecular complexity index is 680. The highest BCUT2D eigenvalue weighted by Crippen LogP contribution is 2.29. The van der Waals surface area contributed by atoms with Crippen LogP contribution in [-0.4, -0.2) is 18.4 Å². The molecule has 1 unspecified atom stereocenters. The van der Waals surface area contributed by atoms with Gasteiger partial charge < -0.3 is 4.98 Å². The Hall–Kier alpha value is -1.34. The summed E-state index contributed by atoms with van der Waals surface area (Å²) in [5.41, 5.74) is 1.43. The second kappa shape index (κ2) is 5.34. The van der Waals surface area contributed by atoms with Crippen molar-refractivity contribution in [2.45, 2.75) is 23.7 Å². The van der Waals surface area contributed by atoms with Gasteiger partial charge >= 0.3 is 0 Å². The predicted octanol–water partition coefficient (Wildman–Crippen LogP) is 2.97. The molecule has 1 aromatic heterocycles. The van der Waals surface area contributed by atoms with Crippen LogP contribution in [0.25, 0.3) is 0 Å². The van der Waals surface area contributed by atoms with Gasteiger partial charge in [-0.2, -0.15) is 8.42 Å². The first-order valence-corrected chi connectivity index (χ1v) is 8.07. The fourth-order valence-electron chi connectivity index (χ4n) is 1.67. The predicted molar refractivity (Wildman–Crippen MR) is 77.9 cm³/mol. The van der Waals surface area contributed by atoms with Gasteiger partial charge in [-0.05, 0) is 25.5 Å². The number of imidazole rings is 1. The molecule has 2 rings (SSSR count). The molecule has 0 saturated heterocycles. The number of aromatic nitrogens is 2. The highest BCUT2D eigenvalue weighted by atomic mass is 79.9. The summed E-state index contributed by atoms with van der Waals surface area (Å²) in [5, 5.41) is 0.0574. The quantitative estimate of drug-likeness (QED) is 0.838. The van der Waals surface area contributed by atoms with E-state index in [0.29, 0.717) is 11.5 Å². The highest BCUT2D eigenvalue weighted by molar-refractivity contribution is 9.09. The lowest BCUT2D eigenvalue weighted by Crippen LogP contribution is -2.14. The van der Waals surface area contributed by atoms with Crippen LogP contribution in [-0.2, 0) is 10.0 Å². The molecule has 2 N–H and O–H groups in total. The summed E-state index contributed by atoms with van der Waals surface area (Å²) < 4.78 is 27.0. The third kappa shape index (κ3) is 3.16. The van der Waals surface area contributed by atoms with Gasteiger partial charge in [0.1, 0.15) is 5.82 Å². The van der Waals surface area contributed by atoms with E-state index in [2.05, 4.69) is 30.6 Å². The minimum Gasteiger partial charge on any atom is -0.332 e. The van der Waals surface area contributed by atoms with Crippen LogP contribution in [0.15, 0.2) is 35.5 Å². The van der Waals surface area contributed by atoms with Crippen LogP contribution in [0, 0.1) is 6.92 Å². The van der Waals surface area contributed by atoms with E-state index < -0.39 is 10.0 Å². The van der Waals surface area contributed by atoms with Crippen molar-refractivity contribution in [3.05, 3.63) is 41.9 Å². The molecule has 1 heterocycles. The molecular formula is C12H14BrN3O2S. The average Bonchev–Trinajstić information content (AvgIpc) is 2.76. The summed E-state index contributed by atoms with van der Waals surface area (Å²) in [6.07, 6.45) is 1.30. The summed E-state index contributed by atoms with van der Waals surface area (Å²) in [4.78, 5) is 6.66. The van der Waals surface area contributed by atoms with Crippen molar-refractivity contribution in [1.29, 1.82) is 0 Å². The van der Waals surface area contributed by atoms with Crippen molar-refractivity contribution < 1.29 is 8.42 Å². The maximum Gasteiger partial charge on any atom is 0.278 e. The van der Waals surface area contributed by atoms with Crippen molar-refractivity contribution >= 4 is 31.6 Å². The topological polar surface area (TPSA) is 74.8 Å². The molecule has 2 aromatic rings. The van der Waals surface area contributed by atoms with E-state index in [1.54, 1.807) is 19.1 Å². The first-order valence-electron chi connectivity index (χ1n) is 5.67. The highest BCUT2D eigenvalue weighted by Gasteiger charge is 2.18. The lowest BCUT2D eigenvalue weighted by molar-refractivity contribution is 0.598. The fraction of sp³-hybridized carbons (Fsp3) is 0.250. The molecule has 0 aliphatic carbocycles. The van der Waals surface area contributed by atoms with Gasteiger partial charge in [0, 0.05) is 4.83 Å². The van der Waals surface area contributed by atoms with E-state index in [1.165, 1.54) is 6.20 Å². The molecular weight excluding hydrogens is 330 g/mol. The van der Waals surface area contributed by atoms with E-state index in [9.17, 15) is 8.42 Å². The number of hydrogen-bond donors (Lipinski definition) is 2. The van der Waals surface area contributed by atoms with Crippen LogP contribution in [0.5, 0.6) is 0 Å². The molecule has 5 nitrogen and oxygen atoms in total. The summed E-state index contributed by atoms with van der Waals surface area (Å²) in [6.45, 7) is 3.64. The molecule has 0 radical (unpaired) electrons. The van der Waals surface area contributed by atoms with E-state index in [-0.39, 0.29) is 9.85 Å². The van der Waals surface area contributed by atoms with Gasteiger partial charge in [0.05, 0.1) is 11.9 Å². The van der Waals surface area contributed by atoms with Crippen LogP contribution in [0.1, 0.15) is 23.1 Å². The summed E-state index contributed by atoms with van der Waals surface area (Å²) >= 11 is 3.45. The van der Waals surface area contributed by atoms with E-state index >= 15 is 0 Å². The third-order valence-electron chi connectivity index (χ3n) is 2.60. The molecule has 0 spiro atoms. The number of para-hydroxylation sites is 1. The van der Waals surface area contributed by atoms with Crippen LogP contribution in [0.4, 0.5) is 5.69 Å². The lowest BCUT2D eigenvalue weighted by atomic mass is 10.1. The van der Waals surface area contributed by atoms with Gasteiger partial charge in [0.2, 0.25) is 0 Å². The van der Waals surface area contributed by atoms with Crippen molar-refractivity contribution in [2.75, 3.05) is 4.72 Å². The number of H-pyrrole nitrogens is 1. The fourth-order valence-corrected chi connectivity index (χ4v) is 3.13. The Morgan fingerprint density at radius 3 is 2.63 bits per heavy atom. The van der Waals surface area contributed by atoms with Crippen molar-refractivity contribution in [3.8, 4) is 0 Å². The number of sulfonamides is 1. The van der Waals surface area contributed by atoms with E-state index in [1.807, 2.05) is 19.1 Å². The number of aryl methyl sites for hydroxylation is 1. The van der Waals surface area contributed by atoms with Crippen LogP contribution in [0.3, 0.4) is 0 Å². The zero-order chi connectivity index (χ0) is 14.0. The Balaban J connectivity index is 2.36. The van der Waals surface area contributed by atoms with Gasteiger partial charge in [-0.1, -0.05) is 34.1 Å². The average molecular weight is 344 g/mol. The minimum atomic E-state index is -3.64. The normalized spacial score (nSPS) is 13.2. The summed E-state index contributed by atoms with van der Waals surface area (Å²) in [5.74, 6) is 0.558. The Labute approximate surface area is 120 Å². The van der Waals surface area contributed by atoms with Gasteiger partial charge in [0.25, 0.3) is 10.0 Å². The number of hydrogen-bond acceptors (Lipinski definition) is 3. The second-order valence-electron chi connectivity index (χ2n) is 4.14. The summed E-state index contributed by atoms with van der Waals surface area (Å²) in [7, 11) is -3.64. The van der Waals surface area contributed by atoms with E-state index in [0.717, 1.165) is 5.56 Å². The van der Waals surface area contributed by atoms with Gasteiger partial charge in [-0.3, -0.25) is 4.72 Å². The number of nitrogens with zero attached hydrogens (tertiary/aromatic N) is 1.